The number of ether oxygens (including phenoxy) is 1. The predicted octanol–water partition coefficient (Wildman–Crippen LogP) is 2.71. The number of methoxy groups -OCH3 is 1. The van der Waals surface area contributed by atoms with Crippen LogP contribution in [0.25, 0.3) is 11.0 Å². The van der Waals surface area contributed by atoms with Crippen molar-refractivity contribution in [3.05, 3.63) is 64.6 Å². The predicted molar refractivity (Wildman–Crippen MR) is 101 cm³/mol. The van der Waals surface area contributed by atoms with Crippen molar-refractivity contribution in [2.75, 3.05) is 7.11 Å². The zero-order valence-corrected chi connectivity index (χ0v) is 15.2. The summed E-state index contributed by atoms with van der Waals surface area (Å²) in [6.45, 7) is 4.35. The molecule has 0 aliphatic carbocycles. The van der Waals surface area contributed by atoms with E-state index in [1.165, 1.54) is 4.57 Å². The normalized spacial score (nSPS) is 12.1. The summed E-state index contributed by atoms with van der Waals surface area (Å²) in [5, 5.41) is 2.95. The van der Waals surface area contributed by atoms with Crippen LogP contribution in [0.15, 0.2) is 53.3 Å². The first-order valence-corrected chi connectivity index (χ1v) is 8.67. The summed E-state index contributed by atoms with van der Waals surface area (Å²) >= 11 is 0. The van der Waals surface area contributed by atoms with E-state index in [0.29, 0.717) is 6.54 Å². The van der Waals surface area contributed by atoms with Crippen molar-refractivity contribution in [2.24, 2.45) is 0 Å². The molecule has 0 aliphatic heterocycles. The minimum absolute atomic E-state index is 0.0220. The lowest BCUT2D eigenvalue weighted by Gasteiger charge is -2.17. The Morgan fingerprint density at radius 1 is 1.08 bits per heavy atom. The summed E-state index contributed by atoms with van der Waals surface area (Å²) in [6, 6.07) is 14.8. The van der Waals surface area contributed by atoms with Crippen LogP contribution in [0.3, 0.4) is 0 Å². The molecule has 6 nitrogen and oxygen atoms in total. The smallest absolute Gasteiger partial charge is 0.329 e. The minimum Gasteiger partial charge on any atom is -0.496 e. The molecule has 0 unspecified atom stereocenters. The Balaban J connectivity index is 1.84. The van der Waals surface area contributed by atoms with Crippen LogP contribution in [0.1, 0.15) is 25.5 Å². The van der Waals surface area contributed by atoms with E-state index in [-0.39, 0.29) is 24.2 Å². The standard InChI is InChI=1S/C20H23N3O3/c1-4-22-16-10-6-7-11-17(16)23(20(22)25)13-19(24)21-14(2)15-9-5-8-12-18(15)26-3/h5-12,14H,4,13H2,1-3H3,(H,21,24)/t14-/m0/s1. The number of aromatic nitrogens is 2. The monoisotopic (exact) mass is 353 g/mol. The molecule has 26 heavy (non-hydrogen) atoms. The highest BCUT2D eigenvalue weighted by molar-refractivity contribution is 5.81. The number of benzene rings is 2. The molecule has 1 heterocycles. The number of hydrogen-bond acceptors (Lipinski definition) is 3. The number of carbonyl (C=O) groups excluding carboxylic acids is 1. The number of amides is 1. The Morgan fingerprint density at radius 2 is 1.69 bits per heavy atom. The van der Waals surface area contributed by atoms with Crippen LogP contribution in [-0.4, -0.2) is 22.2 Å². The maximum absolute atomic E-state index is 12.6. The summed E-state index contributed by atoms with van der Waals surface area (Å²) < 4.78 is 8.54. The van der Waals surface area contributed by atoms with Gasteiger partial charge in [0.15, 0.2) is 0 Å². The highest BCUT2D eigenvalue weighted by Crippen LogP contribution is 2.24. The molecule has 1 aromatic heterocycles. The third kappa shape index (κ3) is 3.22. The third-order valence-electron chi connectivity index (χ3n) is 4.53. The zero-order chi connectivity index (χ0) is 18.7. The first-order valence-electron chi connectivity index (χ1n) is 8.67. The molecule has 0 fully saturated rings. The fraction of sp³-hybridized carbons (Fsp3) is 0.300. The maximum Gasteiger partial charge on any atom is 0.329 e. The van der Waals surface area contributed by atoms with Gasteiger partial charge in [0.2, 0.25) is 5.91 Å². The van der Waals surface area contributed by atoms with Gasteiger partial charge in [-0.2, -0.15) is 0 Å². The lowest BCUT2D eigenvalue weighted by atomic mass is 10.1. The van der Waals surface area contributed by atoms with Gasteiger partial charge in [0.05, 0.1) is 24.2 Å². The van der Waals surface area contributed by atoms with Crippen molar-refractivity contribution < 1.29 is 9.53 Å². The topological polar surface area (TPSA) is 65.3 Å². The van der Waals surface area contributed by atoms with Crippen molar-refractivity contribution >= 4 is 16.9 Å². The fourth-order valence-corrected chi connectivity index (χ4v) is 3.26. The van der Waals surface area contributed by atoms with Gasteiger partial charge in [0.1, 0.15) is 12.3 Å². The molecule has 2 aromatic carbocycles. The Bertz CT molecular complexity index is 987. The van der Waals surface area contributed by atoms with Crippen LogP contribution in [0.4, 0.5) is 0 Å². The first-order chi connectivity index (χ1) is 12.6. The van der Waals surface area contributed by atoms with E-state index in [4.69, 9.17) is 4.74 Å². The molecule has 136 valence electrons. The molecule has 1 N–H and O–H groups in total. The number of fused-ring (bicyclic) bond motifs is 1. The largest absolute Gasteiger partial charge is 0.496 e. The van der Waals surface area contributed by atoms with Crippen LogP contribution in [-0.2, 0) is 17.9 Å². The van der Waals surface area contributed by atoms with E-state index in [9.17, 15) is 9.59 Å². The number of nitrogens with one attached hydrogen (secondary N) is 1. The zero-order valence-electron chi connectivity index (χ0n) is 15.2. The van der Waals surface area contributed by atoms with E-state index in [1.54, 1.807) is 11.7 Å². The number of para-hydroxylation sites is 3. The minimum atomic E-state index is -0.228. The number of rotatable bonds is 6. The number of carbonyl (C=O) groups is 1. The van der Waals surface area contributed by atoms with E-state index < -0.39 is 0 Å². The quantitative estimate of drug-likeness (QED) is 0.741. The molecule has 3 aromatic rings. The Hall–Kier alpha value is -3.02. The molecular weight excluding hydrogens is 330 g/mol. The maximum atomic E-state index is 12.6. The highest BCUT2D eigenvalue weighted by atomic mass is 16.5. The van der Waals surface area contributed by atoms with Crippen LogP contribution in [0.2, 0.25) is 0 Å². The molecule has 0 saturated heterocycles. The summed E-state index contributed by atoms with van der Waals surface area (Å²) in [5.74, 6) is 0.504. The molecular formula is C20H23N3O3. The number of aryl methyl sites for hydroxylation is 1. The van der Waals surface area contributed by atoms with Crippen LogP contribution in [0.5, 0.6) is 5.75 Å². The average Bonchev–Trinajstić information content (AvgIpc) is 2.92. The van der Waals surface area contributed by atoms with Gasteiger partial charge in [-0.25, -0.2) is 4.79 Å². The highest BCUT2D eigenvalue weighted by Gasteiger charge is 2.17. The van der Waals surface area contributed by atoms with Gasteiger partial charge in [-0.15, -0.1) is 0 Å². The second-order valence-corrected chi connectivity index (χ2v) is 6.13. The van der Waals surface area contributed by atoms with Gasteiger partial charge >= 0.3 is 5.69 Å². The number of nitrogens with zero attached hydrogens (tertiary/aromatic N) is 2. The first kappa shape index (κ1) is 17.8. The van der Waals surface area contributed by atoms with E-state index in [0.717, 1.165) is 22.3 Å². The van der Waals surface area contributed by atoms with Gasteiger partial charge in [-0.1, -0.05) is 30.3 Å². The summed E-state index contributed by atoms with van der Waals surface area (Å²) in [4.78, 5) is 25.2. The molecule has 0 saturated carbocycles. The van der Waals surface area contributed by atoms with Crippen molar-refractivity contribution in [1.29, 1.82) is 0 Å². The summed E-state index contributed by atoms with van der Waals surface area (Å²) in [7, 11) is 1.60. The summed E-state index contributed by atoms with van der Waals surface area (Å²) in [6.07, 6.45) is 0. The van der Waals surface area contributed by atoms with Crippen molar-refractivity contribution in [2.45, 2.75) is 33.0 Å². The lowest BCUT2D eigenvalue weighted by Crippen LogP contribution is -2.34. The molecule has 3 rings (SSSR count). The van der Waals surface area contributed by atoms with Gasteiger partial charge in [0.25, 0.3) is 0 Å². The van der Waals surface area contributed by atoms with Gasteiger partial charge in [0, 0.05) is 12.1 Å². The second-order valence-electron chi connectivity index (χ2n) is 6.13. The van der Waals surface area contributed by atoms with E-state index in [2.05, 4.69) is 5.32 Å². The Labute approximate surface area is 152 Å². The van der Waals surface area contributed by atoms with Gasteiger partial charge < -0.3 is 10.1 Å². The van der Waals surface area contributed by atoms with E-state index >= 15 is 0 Å². The van der Waals surface area contributed by atoms with Crippen molar-refractivity contribution in [1.82, 2.24) is 14.5 Å². The van der Waals surface area contributed by atoms with Gasteiger partial charge in [-0.05, 0) is 32.0 Å². The molecule has 6 heteroatoms. The van der Waals surface area contributed by atoms with E-state index in [1.807, 2.05) is 62.4 Å². The molecule has 1 amide bonds. The second kappa shape index (κ2) is 7.47. The van der Waals surface area contributed by atoms with Crippen LogP contribution < -0.4 is 15.7 Å². The molecule has 0 bridgehead atoms. The molecule has 0 radical (unpaired) electrons. The van der Waals surface area contributed by atoms with Gasteiger partial charge in [-0.3, -0.25) is 13.9 Å². The van der Waals surface area contributed by atoms with Crippen molar-refractivity contribution in [3.63, 3.8) is 0 Å². The molecule has 1 atom stereocenters. The fourth-order valence-electron chi connectivity index (χ4n) is 3.26. The van der Waals surface area contributed by atoms with Crippen LogP contribution in [0, 0.1) is 0 Å². The number of hydrogen-bond donors (Lipinski definition) is 1. The number of imidazole rings is 1. The SMILES string of the molecule is CCn1c(=O)n(CC(=O)N[C@@H](C)c2ccccc2OC)c2ccccc21. The summed E-state index contributed by atoms with van der Waals surface area (Å²) in [5.41, 5.74) is 2.32. The Morgan fingerprint density at radius 3 is 2.35 bits per heavy atom. The molecule has 0 aliphatic rings. The van der Waals surface area contributed by atoms with Crippen LogP contribution >= 0.6 is 0 Å². The Kier molecular flexibility index (Phi) is 5.11. The van der Waals surface area contributed by atoms with Crippen molar-refractivity contribution in [3.8, 4) is 5.75 Å². The third-order valence-corrected chi connectivity index (χ3v) is 4.53. The average molecular weight is 353 g/mol. The molecule has 0 spiro atoms. The lowest BCUT2D eigenvalue weighted by molar-refractivity contribution is -0.122.